The van der Waals surface area contributed by atoms with E-state index in [-0.39, 0.29) is 0 Å². The van der Waals surface area contributed by atoms with Gasteiger partial charge in [0.25, 0.3) is 0 Å². The van der Waals surface area contributed by atoms with Crippen LogP contribution in [0.25, 0.3) is 0 Å². The second-order valence-corrected chi connectivity index (χ2v) is 5.53. The van der Waals surface area contributed by atoms with Gasteiger partial charge in [-0.1, -0.05) is 41.7 Å². The summed E-state index contributed by atoms with van der Waals surface area (Å²) in [5.74, 6) is 2.18. The van der Waals surface area contributed by atoms with Crippen molar-refractivity contribution < 1.29 is 4.74 Å². The van der Waals surface area contributed by atoms with Crippen molar-refractivity contribution in [3.63, 3.8) is 0 Å². The highest BCUT2D eigenvalue weighted by Crippen LogP contribution is 2.36. The molecule has 0 fully saturated rings. The first-order valence-electron chi connectivity index (χ1n) is 6.41. The monoisotopic (exact) mass is 345 g/mol. The van der Waals surface area contributed by atoms with Crippen LogP contribution in [0.3, 0.4) is 0 Å². The summed E-state index contributed by atoms with van der Waals surface area (Å²) in [5, 5.41) is 4.09. The van der Waals surface area contributed by atoms with Crippen LogP contribution in [0, 0.1) is 0 Å². The zero-order valence-electron chi connectivity index (χ0n) is 11.6. The molecule has 0 aliphatic carbocycles. The molecule has 0 bridgehead atoms. The normalized spacial score (nSPS) is 10.5. The van der Waals surface area contributed by atoms with E-state index in [2.05, 4.69) is 22.2 Å². The number of aromatic nitrogens is 2. The summed E-state index contributed by atoms with van der Waals surface area (Å²) in [7, 11) is 1.79. The van der Waals surface area contributed by atoms with E-state index < -0.39 is 0 Å². The fourth-order valence-corrected chi connectivity index (χ4v) is 2.26. The van der Waals surface area contributed by atoms with Crippen LogP contribution in [0.1, 0.15) is 19.2 Å². The Balaban J connectivity index is 2.34. The highest BCUT2D eigenvalue weighted by Gasteiger charge is 2.11. The van der Waals surface area contributed by atoms with Crippen LogP contribution >= 0.6 is 34.8 Å². The van der Waals surface area contributed by atoms with Gasteiger partial charge in [-0.25, -0.2) is 4.98 Å². The molecule has 21 heavy (non-hydrogen) atoms. The van der Waals surface area contributed by atoms with Crippen LogP contribution in [0.5, 0.6) is 11.6 Å². The lowest BCUT2D eigenvalue weighted by Crippen LogP contribution is -2.02. The van der Waals surface area contributed by atoms with E-state index in [1.54, 1.807) is 19.2 Å². The van der Waals surface area contributed by atoms with Crippen LogP contribution < -0.4 is 10.1 Å². The van der Waals surface area contributed by atoms with Gasteiger partial charge in [-0.2, -0.15) is 4.98 Å². The topological polar surface area (TPSA) is 47.0 Å². The number of rotatable bonds is 5. The fourth-order valence-electron chi connectivity index (χ4n) is 1.68. The van der Waals surface area contributed by atoms with Crippen molar-refractivity contribution in [1.29, 1.82) is 0 Å². The molecule has 0 spiro atoms. The Kier molecular flexibility index (Phi) is 5.51. The van der Waals surface area contributed by atoms with E-state index in [0.717, 1.165) is 12.8 Å². The van der Waals surface area contributed by atoms with Gasteiger partial charge in [0.05, 0.1) is 15.1 Å². The Labute approximate surface area is 138 Å². The zero-order valence-corrected chi connectivity index (χ0v) is 13.9. The molecule has 0 unspecified atom stereocenters. The SMILES string of the molecule is CCCc1nc(NC)cc(Oc2cc(Cl)c(Cl)cc2Cl)n1. The maximum atomic E-state index is 6.10. The van der Waals surface area contributed by atoms with Crippen molar-refractivity contribution in [3.8, 4) is 11.6 Å². The summed E-state index contributed by atoms with van der Waals surface area (Å²) in [6.45, 7) is 2.06. The van der Waals surface area contributed by atoms with Gasteiger partial charge in [0.1, 0.15) is 17.4 Å². The number of halogens is 3. The molecule has 2 rings (SSSR count). The molecule has 0 atom stereocenters. The first kappa shape index (κ1) is 16.1. The number of ether oxygens (including phenoxy) is 1. The van der Waals surface area contributed by atoms with E-state index in [4.69, 9.17) is 39.5 Å². The number of hydrogen-bond donors (Lipinski definition) is 1. The minimum absolute atomic E-state index is 0.367. The lowest BCUT2D eigenvalue weighted by Gasteiger charge is -2.10. The Morgan fingerprint density at radius 2 is 1.76 bits per heavy atom. The minimum Gasteiger partial charge on any atom is -0.437 e. The first-order chi connectivity index (χ1) is 10.0. The number of anilines is 1. The molecule has 0 aliphatic heterocycles. The largest absolute Gasteiger partial charge is 0.437 e. The smallest absolute Gasteiger partial charge is 0.224 e. The molecule has 4 nitrogen and oxygen atoms in total. The van der Waals surface area contributed by atoms with Crippen molar-refractivity contribution in [2.75, 3.05) is 12.4 Å². The summed E-state index contributed by atoms with van der Waals surface area (Å²) >= 11 is 18.0. The van der Waals surface area contributed by atoms with E-state index >= 15 is 0 Å². The maximum Gasteiger partial charge on any atom is 0.224 e. The van der Waals surface area contributed by atoms with Crippen molar-refractivity contribution in [3.05, 3.63) is 39.1 Å². The second kappa shape index (κ2) is 7.16. The number of benzene rings is 1. The average molecular weight is 347 g/mol. The molecule has 0 saturated heterocycles. The summed E-state index contributed by atoms with van der Waals surface area (Å²) in [4.78, 5) is 8.71. The number of hydrogen-bond acceptors (Lipinski definition) is 4. The van der Waals surface area contributed by atoms with Gasteiger partial charge in [0.15, 0.2) is 0 Å². The standard InChI is InChI=1S/C14H14Cl3N3O/c1-3-4-12-19-13(18-2)7-14(20-12)21-11-6-9(16)8(15)5-10(11)17/h5-7H,3-4H2,1-2H3,(H,18,19,20). The molecule has 2 aromatic rings. The van der Waals surface area contributed by atoms with E-state index in [1.807, 2.05) is 0 Å². The second-order valence-electron chi connectivity index (χ2n) is 4.31. The first-order valence-corrected chi connectivity index (χ1v) is 7.55. The quantitative estimate of drug-likeness (QED) is 0.754. The summed E-state index contributed by atoms with van der Waals surface area (Å²) in [5.41, 5.74) is 0. The summed E-state index contributed by atoms with van der Waals surface area (Å²) in [6.07, 6.45) is 1.71. The molecule has 112 valence electrons. The number of nitrogens with zero attached hydrogens (tertiary/aromatic N) is 2. The fraction of sp³-hybridized carbons (Fsp3) is 0.286. The average Bonchev–Trinajstić information content (AvgIpc) is 2.45. The predicted octanol–water partition coefficient (Wildman–Crippen LogP) is 5.22. The van der Waals surface area contributed by atoms with Crippen LogP contribution in [0.2, 0.25) is 15.1 Å². The van der Waals surface area contributed by atoms with Gasteiger partial charge >= 0.3 is 0 Å². The lowest BCUT2D eigenvalue weighted by molar-refractivity contribution is 0.459. The summed E-state index contributed by atoms with van der Waals surface area (Å²) in [6, 6.07) is 4.79. The number of aryl methyl sites for hydroxylation is 1. The van der Waals surface area contributed by atoms with Gasteiger partial charge in [-0.05, 0) is 12.5 Å². The van der Waals surface area contributed by atoms with Crippen LogP contribution in [0.4, 0.5) is 5.82 Å². The van der Waals surface area contributed by atoms with E-state index in [0.29, 0.717) is 38.3 Å². The highest BCUT2D eigenvalue weighted by atomic mass is 35.5. The maximum absolute atomic E-state index is 6.10. The third-order valence-electron chi connectivity index (χ3n) is 2.67. The molecular weight excluding hydrogens is 333 g/mol. The van der Waals surface area contributed by atoms with Gasteiger partial charge < -0.3 is 10.1 Å². The zero-order chi connectivity index (χ0) is 15.4. The molecular formula is C14H14Cl3N3O. The van der Waals surface area contributed by atoms with Crippen LogP contribution in [-0.4, -0.2) is 17.0 Å². The highest BCUT2D eigenvalue weighted by molar-refractivity contribution is 6.43. The molecule has 1 aromatic carbocycles. The Morgan fingerprint density at radius 1 is 1.05 bits per heavy atom. The molecule has 0 aliphatic rings. The van der Waals surface area contributed by atoms with Crippen molar-refractivity contribution >= 4 is 40.6 Å². The lowest BCUT2D eigenvalue weighted by atomic mass is 10.3. The predicted molar refractivity (Wildman–Crippen MR) is 87.1 cm³/mol. The van der Waals surface area contributed by atoms with Gasteiger partial charge in [-0.3, -0.25) is 0 Å². The molecule has 0 saturated carbocycles. The third kappa shape index (κ3) is 4.13. The van der Waals surface area contributed by atoms with Crippen molar-refractivity contribution in [2.45, 2.75) is 19.8 Å². The van der Waals surface area contributed by atoms with Crippen LogP contribution in [0.15, 0.2) is 18.2 Å². The molecule has 1 heterocycles. The molecule has 0 radical (unpaired) electrons. The Hall–Kier alpha value is -1.23. The van der Waals surface area contributed by atoms with E-state index in [9.17, 15) is 0 Å². The Morgan fingerprint density at radius 3 is 2.43 bits per heavy atom. The Bertz CT molecular complexity index is 650. The summed E-state index contributed by atoms with van der Waals surface area (Å²) < 4.78 is 5.71. The molecule has 7 heteroatoms. The van der Waals surface area contributed by atoms with Crippen molar-refractivity contribution in [1.82, 2.24) is 9.97 Å². The van der Waals surface area contributed by atoms with Crippen molar-refractivity contribution in [2.24, 2.45) is 0 Å². The van der Waals surface area contributed by atoms with Gasteiger partial charge in [0.2, 0.25) is 5.88 Å². The van der Waals surface area contributed by atoms with Gasteiger partial charge in [-0.15, -0.1) is 0 Å². The molecule has 1 N–H and O–H groups in total. The van der Waals surface area contributed by atoms with Crippen LogP contribution in [-0.2, 0) is 6.42 Å². The van der Waals surface area contributed by atoms with E-state index in [1.165, 1.54) is 6.07 Å². The third-order valence-corrected chi connectivity index (χ3v) is 3.69. The molecule has 0 amide bonds. The minimum atomic E-state index is 0.367. The molecule has 1 aromatic heterocycles. The van der Waals surface area contributed by atoms with Gasteiger partial charge in [0, 0.05) is 25.6 Å². The number of nitrogens with one attached hydrogen (secondary N) is 1.